The van der Waals surface area contributed by atoms with E-state index in [0.717, 1.165) is 27.4 Å². The Morgan fingerprint density at radius 2 is 1.88 bits per heavy atom. The lowest BCUT2D eigenvalue weighted by Gasteiger charge is -2.10. The van der Waals surface area contributed by atoms with Gasteiger partial charge in [-0.3, -0.25) is 4.79 Å². The molecule has 0 amide bonds. The zero-order valence-corrected chi connectivity index (χ0v) is 12.3. The number of hydrogen-bond acceptors (Lipinski definition) is 2. The Morgan fingerprint density at radius 1 is 1.25 bits per heavy atom. The van der Waals surface area contributed by atoms with Gasteiger partial charge in [-0.1, -0.05) is 19.8 Å². The number of carbonyl (C=O) groups excluding carboxylic acids is 1. The number of rotatable bonds is 6. The Hall–Kier alpha value is -0.350. The van der Waals surface area contributed by atoms with Crippen LogP contribution in [0.4, 0.5) is 0 Å². The van der Waals surface area contributed by atoms with Gasteiger partial charge < -0.3 is 4.74 Å². The van der Waals surface area contributed by atoms with Gasteiger partial charge in [0, 0.05) is 5.56 Å². The molecule has 0 fully saturated rings. The molecule has 0 unspecified atom stereocenters. The molecule has 0 aliphatic carbocycles. The number of benzene rings is 1. The fourth-order valence-corrected chi connectivity index (χ4v) is 2.76. The first kappa shape index (κ1) is 13.7. The molecule has 0 aromatic heterocycles. The number of aldehydes is 1. The molecular weight excluding hydrogens is 336 g/mol. The minimum absolute atomic E-state index is 0.625. The summed E-state index contributed by atoms with van der Waals surface area (Å²) in [5.74, 6) is 0.765. The van der Waals surface area contributed by atoms with Crippen LogP contribution in [0.15, 0.2) is 21.1 Å². The van der Waals surface area contributed by atoms with Crippen LogP contribution in [0, 0.1) is 0 Å². The predicted molar refractivity (Wildman–Crippen MR) is 72.2 cm³/mol. The van der Waals surface area contributed by atoms with Gasteiger partial charge in [0.2, 0.25) is 0 Å². The van der Waals surface area contributed by atoms with Crippen LogP contribution in [0.25, 0.3) is 0 Å². The second kappa shape index (κ2) is 7.07. The van der Waals surface area contributed by atoms with Gasteiger partial charge in [0.25, 0.3) is 0 Å². The number of carbonyl (C=O) groups is 1. The van der Waals surface area contributed by atoms with Crippen molar-refractivity contribution in [3.05, 3.63) is 26.6 Å². The summed E-state index contributed by atoms with van der Waals surface area (Å²) >= 11 is 6.79. The summed E-state index contributed by atoms with van der Waals surface area (Å²) in [7, 11) is 0. The fourth-order valence-electron chi connectivity index (χ4n) is 1.31. The summed E-state index contributed by atoms with van der Waals surface area (Å²) in [4.78, 5) is 10.6. The molecule has 1 rings (SSSR count). The molecule has 16 heavy (non-hydrogen) atoms. The smallest absolute Gasteiger partial charge is 0.150 e. The van der Waals surface area contributed by atoms with Crippen LogP contribution in [0.5, 0.6) is 5.75 Å². The normalized spacial score (nSPS) is 10.2. The molecule has 1 aromatic carbocycles. The first-order valence-electron chi connectivity index (χ1n) is 5.26. The molecule has 0 N–H and O–H groups in total. The standard InChI is InChI=1S/C12H14Br2O2/c1-2-3-4-5-16-12-10(13)6-9(8-15)7-11(12)14/h6-8H,2-5H2,1H3. The van der Waals surface area contributed by atoms with Crippen molar-refractivity contribution < 1.29 is 9.53 Å². The van der Waals surface area contributed by atoms with Crippen molar-refractivity contribution in [3.8, 4) is 5.75 Å². The molecule has 0 saturated carbocycles. The SMILES string of the molecule is CCCCCOc1c(Br)cc(C=O)cc1Br. The number of hydrogen-bond donors (Lipinski definition) is 0. The van der Waals surface area contributed by atoms with Gasteiger partial charge in [-0.25, -0.2) is 0 Å². The van der Waals surface area contributed by atoms with E-state index in [1.54, 1.807) is 12.1 Å². The van der Waals surface area contributed by atoms with E-state index in [-0.39, 0.29) is 0 Å². The summed E-state index contributed by atoms with van der Waals surface area (Å²) in [5, 5.41) is 0. The van der Waals surface area contributed by atoms with Crippen molar-refractivity contribution >= 4 is 38.1 Å². The molecule has 0 atom stereocenters. The molecule has 88 valence electrons. The minimum Gasteiger partial charge on any atom is -0.491 e. The Bertz CT molecular complexity index is 341. The van der Waals surface area contributed by atoms with E-state index in [9.17, 15) is 4.79 Å². The Balaban J connectivity index is 2.69. The van der Waals surface area contributed by atoms with Crippen LogP contribution in [0.1, 0.15) is 36.5 Å². The van der Waals surface area contributed by atoms with Crippen molar-refractivity contribution in [1.82, 2.24) is 0 Å². The van der Waals surface area contributed by atoms with Crippen molar-refractivity contribution in [3.63, 3.8) is 0 Å². The topological polar surface area (TPSA) is 26.3 Å². The van der Waals surface area contributed by atoms with Gasteiger partial charge >= 0.3 is 0 Å². The monoisotopic (exact) mass is 348 g/mol. The lowest BCUT2D eigenvalue weighted by atomic mass is 10.2. The largest absolute Gasteiger partial charge is 0.491 e. The van der Waals surface area contributed by atoms with E-state index in [4.69, 9.17) is 4.74 Å². The lowest BCUT2D eigenvalue weighted by molar-refractivity contribution is 0.112. The maximum atomic E-state index is 10.6. The molecule has 0 bridgehead atoms. The van der Waals surface area contributed by atoms with Crippen molar-refractivity contribution in [2.24, 2.45) is 0 Å². The number of ether oxygens (including phenoxy) is 1. The van der Waals surface area contributed by atoms with Crippen molar-refractivity contribution in [1.29, 1.82) is 0 Å². The van der Waals surface area contributed by atoms with E-state index < -0.39 is 0 Å². The van der Waals surface area contributed by atoms with Gasteiger partial charge in [-0.05, 0) is 50.4 Å². The Morgan fingerprint density at radius 3 is 2.38 bits per heavy atom. The summed E-state index contributed by atoms with van der Waals surface area (Å²) < 4.78 is 7.27. The number of unbranched alkanes of at least 4 members (excludes halogenated alkanes) is 2. The van der Waals surface area contributed by atoms with Gasteiger partial charge in [0.15, 0.2) is 0 Å². The summed E-state index contributed by atoms with van der Waals surface area (Å²) in [6, 6.07) is 3.51. The quantitative estimate of drug-likeness (QED) is 0.554. The minimum atomic E-state index is 0.625. The third-order valence-corrected chi connectivity index (χ3v) is 3.33. The molecule has 0 radical (unpaired) electrons. The zero-order chi connectivity index (χ0) is 12.0. The highest BCUT2D eigenvalue weighted by Gasteiger charge is 2.08. The van der Waals surface area contributed by atoms with Gasteiger partial charge in [0.05, 0.1) is 15.6 Å². The maximum absolute atomic E-state index is 10.6. The maximum Gasteiger partial charge on any atom is 0.150 e. The first-order valence-corrected chi connectivity index (χ1v) is 6.84. The Labute approximate surface area is 113 Å². The molecule has 2 nitrogen and oxygen atoms in total. The van der Waals surface area contributed by atoms with Crippen LogP contribution >= 0.6 is 31.9 Å². The molecular formula is C12H14Br2O2. The summed E-state index contributed by atoms with van der Waals surface area (Å²) in [5.41, 5.74) is 0.625. The zero-order valence-electron chi connectivity index (χ0n) is 9.13. The lowest BCUT2D eigenvalue weighted by Crippen LogP contribution is -1.99. The third kappa shape index (κ3) is 3.91. The molecule has 0 heterocycles. The van der Waals surface area contributed by atoms with E-state index in [2.05, 4.69) is 38.8 Å². The molecule has 1 aromatic rings. The summed E-state index contributed by atoms with van der Waals surface area (Å²) in [6.45, 7) is 2.86. The molecule has 0 aliphatic heterocycles. The second-order valence-corrected chi connectivity index (χ2v) is 5.20. The van der Waals surface area contributed by atoms with Crippen molar-refractivity contribution in [2.75, 3.05) is 6.61 Å². The highest BCUT2D eigenvalue weighted by molar-refractivity contribution is 9.11. The molecule has 0 aliphatic rings. The van der Waals surface area contributed by atoms with Gasteiger partial charge in [-0.15, -0.1) is 0 Å². The van der Waals surface area contributed by atoms with Crippen LogP contribution in [-0.2, 0) is 0 Å². The number of halogens is 2. The van der Waals surface area contributed by atoms with E-state index >= 15 is 0 Å². The molecule has 0 spiro atoms. The first-order chi connectivity index (χ1) is 7.69. The summed E-state index contributed by atoms with van der Waals surface area (Å²) in [6.07, 6.45) is 4.21. The third-order valence-electron chi connectivity index (χ3n) is 2.15. The van der Waals surface area contributed by atoms with E-state index in [1.807, 2.05) is 0 Å². The van der Waals surface area contributed by atoms with Crippen LogP contribution in [0.2, 0.25) is 0 Å². The predicted octanol–water partition coefficient (Wildman–Crippen LogP) is 4.59. The fraction of sp³-hybridized carbons (Fsp3) is 0.417. The van der Waals surface area contributed by atoms with Gasteiger partial charge in [-0.2, -0.15) is 0 Å². The average Bonchev–Trinajstić information content (AvgIpc) is 2.26. The molecule has 4 heteroatoms. The average molecular weight is 350 g/mol. The highest BCUT2D eigenvalue weighted by atomic mass is 79.9. The highest BCUT2D eigenvalue weighted by Crippen LogP contribution is 2.34. The van der Waals surface area contributed by atoms with Crippen LogP contribution in [0.3, 0.4) is 0 Å². The van der Waals surface area contributed by atoms with Crippen LogP contribution < -0.4 is 4.74 Å². The van der Waals surface area contributed by atoms with E-state index in [0.29, 0.717) is 12.2 Å². The second-order valence-electron chi connectivity index (χ2n) is 3.49. The van der Waals surface area contributed by atoms with Crippen LogP contribution in [-0.4, -0.2) is 12.9 Å². The van der Waals surface area contributed by atoms with Gasteiger partial charge in [0.1, 0.15) is 12.0 Å². The van der Waals surface area contributed by atoms with Crippen molar-refractivity contribution in [2.45, 2.75) is 26.2 Å². The van der Waals surface area contributed by atoms with E-state index in [1.165, 1.54) is 12.8 Å². The Kier molecular flexibility index (Phi) is 6.06. The molecule has 0 saturated heterocycles.